The molecule has 0 saturated heterocycles. The first kappa shape index (κ1) is 16.8. The summed E-state index contributed by atoms with van der Waals surface area (Å²) in [5.41, 5.74) is 0. The molecule has 0 aromatic carbocycles. The Balaban J connectivity index is 2.87. The Morgan fingerprint density at radius 3 is 1.82 bits per heavy atom. The standard InChI is InChI=1S/C15H29NS/c1-2-3-4-5-6-7-8-9-10-11-14-17-15-12-13-16/h2-12,14-15H2,1H3. The molecule has 0 spiro atoms. The molecular weight excluding hydrogens is 226 g/mol. The summed E-state index contributed by atoms with van der Waals surface area (Å²) in [5, 5.41) is 8.38. The normalized spacial score (nSPS) is 10.4. The van der Waals surface area contributed by atoms with Crippen LogP contribution in [0.1, 0.15) is 77.6 Å². The Morgan fingerprint density at radius 1 is 0.765 bits per heavy atom. The second-order valence-corrected chi connectivity index (χ2v) is 5.93. The maximum absolute atomic E-state index is 8.38. The third-order valence-electron chi connectivity index (χ3n) is 3.00. The smallest absolute Gasteiger partial charge is 0.0630 e. The van der Waals surface area contributed by atoms with E-state index < -0.39 is 0 Å². The summed E-state index contributed by atoms with van der Waals surface area (Å²) in [6, 6.07) is 2.19. The average Bonchev–Trinajstić information content (AvgIpc) is 2.35. The molecule has 0 unspecified atom stereocenters. The summed E-state index contributed by atoms with van der Waals surface area (Å²) in [6.45, 7) is 2.27. The molecule has 0 heterocycles. The van der Waals surface area contributed by atoms with Gasteiger partial charge in [-0.05, 0) is 12.2 Å². The molecule has 0 fully saturated rings. The van der Waals surface area contributed by atoms with Crippen LogP contribution < -0.4 is 0 Å². The summed E-state index contributed by atoms with van der Waals surface area (Å²) in [4.78, 5) is 0. The highest BCUT2D eigenvalue weighted by Gasteiger charge is 1.93. The molecule has 0 aromatic rings. The lowest BCUT2D eigenvalue weighted by Crippen LogP contribution is -1.85. The number of nitrogens with zero attached hydrogens (tertiary/aromatic N) is 1. The lowest BCUT2D eigenvalue weighted by Gasteiger charge is -2.02. The predicted molar refractivity (Wildman–Crippen MR) is 79.4 cm³/mol. The number of hydrogen-bond acceptors (Lipinski definition) is 2. The molecule has 0 saturated carbocycles. The van der Waals surface area contributed by atoms with E-state index in [4.69, 9.17) is 5.26 Å². The maximum Gasteiger partial charge on any atom is 0.0630 e. The minimum Gasteiger partial charge on any atom is -0.198 e. The van der Waals surface area contributed by atoms with Gasteiger partial charge in [0.05, 0.1) is 6.07 Å². The summed E-state index contributed by atoms with van der Waals surface area (Å²) in [6.07, 6.45) is 14.8. The molecule has 0 aliphatic heterocycles. The second-order valence-electron chi connectivity index (χ2n) is 4.70. The highest BCUT2D eigenvalue weighted by molar-refractivity contribution is 7.99. The van der Waals surface area contributed by atoms with E-state index in [0.29, 0.717) is 6.42 Å². The Morgan fingerprint density at radius 2 is 1.29 bits per heavy atom. The second kappa shape index (κ2) is 15.8. The third-order valence-corrected chi connectivity index (χ3v) is 4.07. The van der Waals surface area contributed by atoms with Crippen molar-refractivity contribution in [1.82, 2.24) is 0 Å². The van der Waals surface area contributed by atoms with Crippen LogP contribution in [-0.2, 0) is 0 Å². The highest BCUT2D eigenvalue weighted by atomic mass is 32.2. The molecular formula is C15H29NS. The first-order valence-corrected chi connectivity index (χ1v) is 8.52. The molecule has 0 aliphatic carbocycles. The molecule has 0 radical (unpaired) electrons. The van der Waals surface area contributed by atoms with Gasteiger partial charge < -0.3 is 0 Å². The number of rotatable bonds is 13. The Kier molecular flexibility index (Phi) is 15.7. The molecule has 17 heavy (non-hydrogen) atoms. The van der Waals surface area contributed by atoms with Crippen LogP contribution in [0.5, 0.6) is 0 Å². The quantitative estimate of drug-likeness (QED) is 0.403. The monoisotopic (exact) mass is 255 g/mol. The van der Waals surface area contributed by atoms with Gasteiger partial charge in [0, 0.05) is 12.2 Å². The number of unbranched alkanes of at least 4 members (excludes halogenated alkanes) is 9. The van der Waals surface area contributed by atoms with Gasteiger partial charge in [-0.1, -0.05) is 64.7 Å². The van der Waals surface area contributed by atoms with Crippen LogP contribution in [0.3, 0.4) is 0 Å². The van der Waals surface area contributed by atoms with Gasteiger partial charge in [-0.25, -0.2) is 0 Å². The fourth-order valence-corrected chi connectivity index (χ4v) is 2.76. The average molecular weight is 255 g/mol. The van der Waals surface area contributed by atoms with Crippen molar-refractivity contribution in [3.05, 3.63) is 0 Å². The zero-order valence-corrected chi connectivity index (χ0v) is 12.4. The summed E-state index contributed by atoms with van der Waals surface area (Å²) < 4.78 is 0. The maximum atomic E-state index is 8.38. The first-order valence-electron chi connectivity index (χ1n) is 7.36. The van der Waals surface area contributed by atoms with Crippen molar-refractivity contribution in [3.63, 3.8) is 0 Å². The van der Waals surface area contributed by atoms with E-state index in [1.807, 2.05) is 11.8 Å². The van der Waals surface area contributed by atoms with Crippen LogP contribution in [-0.4, -0.2) is 11.5 Å². The number of nitriles is 1. The first-order chi connectivity index (χ1) is 8.41. The molecule has 1 nitrogen and oxygen atoms in total. The van der Waals surface area contributed by atoms with E-state index in [1.165, 1.54) is 70.0 Å². The van der Waals surface area contributed by atoms with Crippen molar-refractivity contribution in [2.24, 2.45) is 0 Å². The van der Waals surface area contributed by atoms with Gasteiger partial charge >= 0.3 is 0 Å². The van der Waals surface area contributed by atoms with Crippen molar-refractivity contribution >= 4 is 11.8 Å². The van der Waals surface area contributed by atoms with Crippen molar-refractivity contribution in [2.75, 3.05) is 11.5 Å². The number of thioether (sulfide) groups is 1. The van der Waals surface area contributed by atoms with Crippen LogP contribution in [0.2, 0.25) is 0 Å². The van der Waals surface area contributed by atoms with Crippen molar-refractivity contribution in [1.29, 1.82) is 5.26 Å². The number of hydrogen-bond donors (Lipinski definition) is 0. The van der Waals surface area contributed by atoms with Gasteiger partial charge in [0.25, 0.3) is 0 Å². The largest absolute Gasteiger partial charge is 0.198 e. The Bertz CT molecular complexity index is 174. The van der Waals surface area contributed by atoms with Gasteiger partial charge in [-0.3, -0.25) is 0 Å². The van der Waals surface area contributed by atoms with Crippen LogP contribution in [0, 0.1) is 11.3 Å². The fourth-order valence-electron chi connectivity index (χ4n) is 1.91. The van der Waals surface area contributed by atoms with Crippen LogP contribution in [0.25, 0.3) is 0 Å². The van der Waals surface area contributed by atoms with E-state index in [2.05, 4.69) is 13.0 Å². The van der Waals surface area contributed by atoms with Crippen molar-refractivity contribution < 1.29 is 0 Å². The summed E-state index contributed by atoms with van der Waals surface area (Å²) in [7, 11) is 0. The van der Waals surface area contributed by atoms with Gasteiger partial charge in [-0.2, -0.15) is 17.0 Å². The van der Waals surface area contributed by atoms with Gasteiger partial charge in [0.15, 0.2) is 0 Å². The van der Waals surface area contributed by atoms with E-state index in [0.717, 1.165) is 5.75 Å². The van der Waals surface area contributed by atoms with E-state index in [9.17, 15) is 0 Å². The van der Waals surface area contributed by atoms with Gasteiger partial charge in [-0.15, -0.1) is 0 Å². The minimum atomic E-state index is 0.711. The van der Waals surface area contributed by atoms with Crippen LogP contribution >= 0.6 is 11.8 Å². The molecule has 100 valence electrons. The van der Waals surface area contributed by atoms with E-state index in [1.54, 1.807) is 0 Å². The van der Waals surface area contributed by atoms with Gasteiger partial charge in [0.1, 0.15) is 0 Å². The van der Waals surface area contributed by atoms with Crippen molar-refractivity contribution in [2.45, 2.75) is 77.6 Å². The molecule has 0 rings (SSSR count). The lowest BCUT2D eigenvalue weighted by molar-refractivity contribution is 0.563. The summed E-state index contributed by atoms with van der Waals surface area (Å²) >= 11 is 1.93. The highest BCUT2D eigenvalue weighted by Crippen LogP contribution is 2.12. The Labute approximate surface area is 112 Å². The third kappa shape index (κ3) is 15.8. The van der Waals surface area contributed by atoms with Crippen LogP contribution in [0.4, 0.5) is 0 Å². The molecule has 0 aliphatic rings. The molecule has 0 N–H and O–H groups in total. The zero-order chi connectivity index (χ0) is 12.6. The predicted octanol–water partition coefficient (Wildman–Crippen LogP) is 5.55. The summed E-state index contributed by atoms with van der Waals surface area (Å²) in [5.74, 6) is 2.27. The van der Waals surface area contributed by atoms with Crippen LogP contribution in [0.15, 0.2) is 0 Å². The lowest BCUT2D eigenvalue weighted by atomic mass is 10.1. The van der Waals surface area contributed by atoms with Crippen molar-refractivity contribution in [3.8, 4) is 6.07 Å². The van der Waals surface area contributed by atoms with E-state index in [-0.39, 0.29) is 0 Å². The molecule has 0 amide bonds. The Hall–Kier alpha value is -0.160. The molecule has 0 aromatic heterocycles. The zero-order valence-electron chi connectivity index (χ0n) is 11.5. The molecule has 2 heteroatoms. The van der Waals surface area contributed by atoms with Gasteiger partial charge in [0.2, 0.25) is 0 Å². The topological polar surface area (TPSA) is 23.8 Å². The fraction of sp³-hybridized carbons (Fsp3) is 0.933. The molecule has 0 atom stereocenters. The molecule has 0 bridgehead atoms. The minimum absolute atomic E-state index is 0.711. The SMILES string of the molecule is CCCCCCCCCCCCSCCC#N. The van der Waals surface area contributed by atoms with E-state index >= 15 is 0 Å².